The Morgan fingerprint density at radius 2 is 2.29 bits per heavy atom. The molecule has 1 aromatic heterocycles. The number of hydrogen-bond donors (Lipinski definition) is 1. The van der Waals surface area contributed by atoms with E-state index in [9.17, 15) is 9.59 Å². The van der Waals surface area contributed by atoms with Gasteiger partial charge in [0, 0.05) is 12.2 Å². The van der Waals surface area contributed by atoms with E-state index in [1.807, 2.05) is 23.1 Å². The maximum atomic E-state index is 12.9. The highest BCUT2D eigenvalue weighted by Gasteiger charge is 2.29. The molecule has 0 aromatic carbocycles. The minimum Gasteiger partial charge on any atom is -0.332 e. The van der Waals surface area contributed by atoms with Gasteiger partial charge in [0.2, 0.25) is 11.8 Å². The molecule has 6 nitrogen and oxygen atoms in total. The van der Waals surface area contributed by atoms with Crippen molar-refractivity contribution in [2.75, 3.05) is 31.3 Å². The van der Waals surface area contributed by atoms with Crippen molar-refractivity contribution >= 4 is 23.6 Å². The molecule has 1 N–H and O–H groups in total. The van der Waals surface area contributed by atoms with Gasteiger partial charge in [-0.15, -0.1) is 11.8 Å². The second-order valence-electron chi connectivity index (χ2n) is 6.25. The molecular weight excluding hydrogens is 324 g/mol. The Hall–Kier alpha value is -1.60. The maximum Gasteiger partial charge on any atom is 0.242 e. The van der Waals surface area contributed by atoms with E-state index in [0.29, 0.717) is 18.2 Å². The largest absolute Gasteiger partial charge is 0.332 e. The first-order valence-corrected chi connectivity index (χ1v) is 9.65. The number of hydrogen-bond acceptors (Lipinski definition) is 5. The van der Waals surface area contributed by atoms with Crippen LogP contribution in [-0.2, 0) is 16.1 Å². The van der Waals surface area contributed by atoms with E-state index < -0.39 is 0 Å². The molecule has 2 aliphatic heterocycles. The quantitative estimate of drug-likeness (QED) is 0.863. The number of carbonyl (C=O) groups is 2. The lowest BCUT2D eigenvalue weighted by Crippen LogP contribution is -2.46. The summed E-state index contributed by atoms with van der Waals surface area (Å²) in [6, 6.07) is 5.98. The Morgan fingerprint density at radius 3 is 3.04 bits per heavy atom. The van der Waals surface area contributed by atoms with E-state index in [1.54, 1.807) is 22.9 Å². The van der Waals surface area contributed by atoms with Crippen LogP contribution < -0.4 is 5.32 Å². The Bertz CT molecular complexity index is 561. The average molecular weight is 348 g/mol. The van der Waals surface area contributed by atoms with Crippen LogP contribution in [0.1, 0.15) is 25.0 Å². The fraction of sp³-hybridized carbons (Fsp3) is 0.588. The third-order valence-corrected chi connectivity index (χ3v) is 5.46. The number of nitrogens with one attached hydrogen (secondary N) is 1. The number of pyridine rings is 1. The van der Waals surface area contributed by atoms with Crippen LogP contribution in [0.2, 0.25) is 0 Å². The van der Waals surface area contributed by atoms with Crippen molar-refractivity contribution in [3.05, 3.63) is 30.1 Å². The third-order valence-electron chi connectivity index (χ3n) is 4.52. The van der Waals surface area contributed by atoms with Crippen molar-refractivity contribution in [1.82, 2.24) is 20.1 Å². The fourth-order valence-electron chi connectivity index (χ4n) is 3.19. The van der Waals surface area contributed by atoms with Gasteiger partial charge in [0.05, 0.1) is 23.9 Å². The monoisotopic (exact) mass is 348 g/mol. The standard InChI is InChI=1S/C17H24N4O2S/c22-16(11-20-13-24-12-17(20)23)21(10-14-4-1-2-8-19-14)15-5-3-7-18-9-6-15/h1-2,4,8,15,18H,3,5-7,9-13H2. The number of rotatable bonds is 5. The predicted octanol–water partition coefficient (Wildman–Crippen LogP) is 1.09. The number of carbonyl (C=O) groups excluding carboxylic acids is 2. The van der Waals surface area contributed by atoms with Gasteiger partial charge in [0.1, 0.15) is 6.54 Å². The molecule has 0 bridgehead atoms. The highest BCUT2D eigenvalue weighted by atomic mass is 32.2. The molecule has 7 heteroatoms. The molecule has 2 aliphatic rings. The van der Waals surface area contributed by atoms with Crippen molar-refractivity contribution in [1.29, 1.82) is 0 Å². The summed E-state index contributed by atoms with van der Waals surface area (Å²) < 4.78 is 0. The molecule has 3 rings (SSSR count). The summed E-state index contributed by atoms with van der Waals surface area (Å²) in [6.07, 6.45) is 4.76. The minimum absolute atomic E-state index is 0.0309. The molecule has 1 aromatic rings. The molecule has 130 valence electrons. The van der Waals surface area contributed by atoms with Crippen LogP contribution in [0.4, 0.5) is 0 Å². The Morgan fingerprint density at radius 1 is 1.38 bits per heavy atom. The summed E-state index contributed by atoms with van der Waals surface area (Å²) in [5, 5.41) is 3.39. The van der Waals surface area contributed by atoms with Gasteiger partial charge < -0.3 is 15.1 Å². The number of amides is 2. The van der Waals surface area contributed by atoms with Gasteiger partial charge in [0.25, 0.3) is 0 Å². The molecular formula is C17H24N4O2S. The summed E-state index contributed by atoms with van der Waals surface area (Å²) in [7, 11) is 0. The van der Waals surface area contributed by atoms with Crippen LogP contribution in [0.15, 0.2) is 24.4 Å². The molecule has 1 unspecified atom stereocenters. The predicted molar refractivity (Wildman–Crippen MR) is 94.3 cm³/mol. The molecule has 3 heterocycles. The lowest BCUT2D eigenvalue weighted by molar-refractivity contribution is -0.140. The van der Waals surface area contributed by atoms with Crippen molar-refractivity contribution in [2.45, 2.75) is 31.8 Å². The second-order valence-corrected chi connectivity index (χ2v) is 7.20. The average Bonchev–Trinajstić information content (AvgIpc) is 2.85. The molecule has 2 saturated heterocycles. The first-order chi connectivity index (χ1) is 11.7. The van der Waals surface area contributed by atoms with Crippen molar-refractivity contribution in [2.24, 2.45) is 0 Å². The summed E-state index contributed by atoms with van der Waals surface area (Å²) in [5.41, 5.74) is 0.894. The van der Waals surface area contributed by atoms with Gasteiger partial charge in [-0.1, -0.05) is 6.07 Å². The summed E-state index contributed by atoms with van der Waals surface area (Å²) in [6.45, 7) is 2.63. The molecule has 2 fully saturated rings. The molecule has 2 amide bonds. The van der Waals surface area contributed by atoms with Gasteiger partial charge in [0.15, 0.2) is 0 Å². The van der Waals surface area contributed by atoms with E-state index in [1.165, 1.54) is 0 Å². The van der Waals surface area contributed by atoms with Crippen LogP contribution in [0.5, 0.6) is 0 Å². The highest BCUT2D eigenvalue weighted by molar-refractivity contribution is 8.00. The van der Waals surface area contributed by atoms with E-state index in [2.05, 4.69) is 10.3 Å². The Labute approximate surface area is 147 Å². The maximum absolute atomic E-state index is 12.9. The topological polar surface area (TPSA) is 65.5 Å². The molecule has 1 atom stereocenters. The highest BCUT2D eigenvalue weighted by Crippen LogP contribution is 2.19. The normalized spacial score (nSPS) is 21.6. The van der Waals surface area contributed by atoms with Gasteiger partial charge in [-0.05, 0) is 44.5 Å². The Kier molecular flexibility index (Phi) is 6.09. The number of aromatic nitrogens is 1. The molecule has 24 heavy (non-hydrogen) atoms. The van der Waals surface area contributed by atoms with Crippen molar-refractivity contribution in [3.63, 3.8) is 0 Å². The van der Waals surface area contributed by atoms with E-state index in [-0.39, 0.29) is 24.4 Å². The van der Waals surface area contributed by atoms with Crippen molar-refractivity contribution in [3.8, 4) is 0 Å². The summed E-state index contributed by atoms with van der Waals surface area (Å²) >= 11 is 1.57. The van der Waals surface area contributed by atoms with Crippen LogP contribution in [0.25, 0.3) is 0 Å². The summed E-state index contributed by atoms with van der Waals surface area (Å²) in [4.78, 5) is 32.7. The minimum atomic E-state index is 0.0309. The first-order valence-electron chi connectivity index (χ1n) is 8.49. The van der Waals surface area contributed by atoms with Gasteiger partial charge in [-0.25, -0.2) is 0 Å². The zero-order valence-electron chi connectivity index (χ0n) is 13.8. The van der Waals surface area contributed by atoms with E-state index in [0.717, 1.165) is 38.0 Å². The second kappa shape index (κ2) is 8.48. The Balaban J connectivity index is 1.72. The molecule has 0 saturated carbocycles. The molecule has 0 aliphatic carbocycles. The molecule has 0 radical (unpaired) electrons. The van der Waals surface area contributed by atoms with E-state index >= 15 is 0 Å². The summed E-state index contributed by atoms with van der Waals surface area (Å²) in [5.74, 6) is 1.20. The smallest absolute Gasteiger partial charge is 0.242 e. The number of thioether (sulfide) groups is 1. The zero-order chi connectivity index (χ0) is 16.8. The number of nitrogens with zero attached hydrogens (tertiary/aromatic N) is 3. The van der Waals surface area contributed by atoms with Gasteiger partial charge in [-0.3, -0.25) is 14.6 Å². The van der Waals surface area contributed by atoms with E-state index in [4.69, 9.17) is 0 Å². The van der Waals surface area contributed by atoms with Crippen LogP contribution >= 0.6 is 11.8 Å². The lowest BCUT2D eigenvalue weighted by Gasteiger charge is -2.32. The zero-order valence-corrected chi connectivity index (χ0v) is 14.6. The third kappa shape index (κ3) is 4.48. The first kappa shape index (κ1) is 17.2. The lowest BCUT2D eigenvalue weighted by atomic mass is 10.1. The molecule has 0 spiro atoms. The van der Waals surface area contributed by atoms with Gasteiger partial charge >= 0.3 is 0 Å². The van der Waals surface area contributed by atoms with Crippen molar-refractivity contribution < 1.29 is 9.59 Å². The fourth-order valence-corrected chi connectivity index (χ4v) is 4.10. The van der Waals surface area contributed by atoms with Crippen LogP contribution in [0, 0.1) is 0 Å². The SMILES string of the molecule is O=C1CSCN1CC(=O)N(Cc1ccccn1)C1CCCNCC1. The van der Waals surface area contributed by atoms with Crippen LogP contribution in [-0.4, -0.2) is 63.9 Å². The van der Waals surface area contributed by atoms with Crippen LogP contribution in [0.3, 0.4) is 0 Å². The van der Waals surface area contributed by atoms with Gasteiger partial charge in [-0.2, -0.15) is 0 Å².